The van der Waals surface area contributed by atoms with Crippen molar-refractivity contribution in [2.75, 3.05) is 11.9 Å². The maximum absolute atomic E-state index is 12.2. The fourth-order valence-electron chi connectivity index (χ4n) is 1.88. The van der Waals surface area contributed by atoms with Gasteiger partial charge in [-0.3, -0.25) is 10.1 Å². The van der Waals surface area contributed by atoms with E-state index in [-0.39, 0.29) is 12.5 Å². The maximum Gasteiger partial charge on any atom is 0.273 e. The number of aliphatic hydroxyl groups is 1. The molecule has 0 atom stereocenters. The largest absolute Gasteiger partial charge is 0.384 e. The molecule has 0 bridgehead atoms. The second-order valence-electron chi connectivity index (χ2n) is 4.21. The predicted molar refractivity (Wildman–Crippen MR) is 82.3 cm³/mol. The Morgan fingerprint density at radius 2 is 2.29 bits per heavy atom. The Labute approximate surface area is 124 Å². The summed E-state index contributed by atoms with van der Waals surface area (Å²) in [5, 5.41) is 12.8. The van der Waals surface area contributed by atoms with E-state index in [1.807, 2.05) is 24.3 Å². The van der Waals surface area contributed by atoms with Crippen LogP contribution in [0.4, 0.5) is 5.13 Å². The van der Waals surface area contributed by atoms with Crippen molar-refractivity contribution in [2.45, 2.75) is 0 Å². The molecule has 0 unspecified atom stereocenters. The van der Waals surface area contributed by atoms with Gasteiger partial charge in [0.25, 0.3) is 5.91 Å². The summed E-state index contributed by atoms with van der Waals surface area (Å²) in [5.41, 5.74) is 1.39. The molecule has 0 fully saturated rings. The topological polar surface area (TPSA) is 78.0 Å². The molecule has 0 saturated heterocycles. The Balaban J connectivity index is 1.78. The normalized spacial score (nSPS) is 10.1. The number of rotatable bonds is 2. The van der Waals surface area contributed by atoms with Crippen LogP contribution in [0.25, 0.3) is 10.9 Å². The molecule has 1 aromatic carbocycles. The lowest BCUT2D eigenvalue weighted by molar-refractivity contribution is 0.102. The van der Waals surface area contributed by atoms with Crippen molar-refractivity contribution >= 4 is 33.3 Å². The van der Waals surface area contributed by atoms with Gasteiger partial charge in [0.2, 0.25) is 0 Å². The molecular weight excluding hydrogens is 286 g/mol. The Morgan fingerprint density at radius 3 is 3.10 bits per heavy atom. The van der Waals surface area contributed by atoms with Crippen LogP contribution in [-0.4, -0.2) is 27.6 Å². The third-order valence-electron chi connectivity index (χ3n) is 2.79. The summed E-state index contributed by atoms with van der Waals surface area (Å²) in [6, 6.07) is 9.48. The second kappa shape index (κ2) is 5.79. The van der Waals surface area contributed by atoms with E-state index in [9.17, 15) is 4.79 Å². The van der Waals surface area contributed by atoms with E-state index in [0.717, 1.165) is 10.9 Å². The summed E-state index contributed by atoms with van der Waals surface area (Å²) in [6.45, 7) is -0.200. The Bertz CT molecular complexity index is 821. The summed E-state index contributed by atoms with van der Waals surface area (Å²) in [5.74, 6) is 5.04. The number of carbonyl (C=O) groups is 1. The van der Waals surface area contributed by atoms with E-state index in [4.69, 9.17) is 5.11 Å². The van der Waals surface area contributed by atoms with Crippen molar-refractivity contribution in [3.8, 4) is 11.8 Å². The number of aromatic amines is 1. The van der Waals surface area contributed by atoms with Crippen LogP contribution in [0.1, 0.15) is 15.4 Å². The van der Waals surface area contributed by atoms with Gasteiger partial charge in [0.1, 0.15) is 12.3 Å². The van der Waals surface area contributed by atoms with E-state index >= 15 is 0 Å². The van der Waals surface area contributed by atoms with Gasteiger partial charge in [-0.1, -0.05) is 41.4 Å². The monoisotopic (exact) mass is 297 g/mol. The molecule has 2 heterocycles. The van der Waals surface area contributed by atoms with Crippen LogP contribution < -0.4 is 5.32 Å². The molecule has 3 N–H and O–H groups in total. The Kier molecular flexibility index (Phi) is 3.69. The number of hydrogen-bond acceptors (Lipinski definition) is 4. The van der Waals surface area contributed by atoms with Crippen molar-refractivity contribution in [2.24, 2.45) is 0 Å². The van der Waals surface area contributed by atoms with Crippen molar-refractivity contribution in [1.82, 2.24) is 9.97 Å². The molecule has 0 spiro atoms. The first kappa shape index (κ1) is 13.4. The molecule has 0 radical (unpaired) electrons. The van der Waals surface area contributed by atoms with Crippen LogP contribution in [0, 0.1) is 11.8 Å². The van der Waals surface area contributed by atoms with E-state index in [2.05, 4.69) is 27.1 Å². The van der Waals surface area contributed by atoms with Gasteiger partial charge in [0.15, 0.2) is 5.13 Å². The SMILES string of the molecule is O=C(Nc1ncc(C#CCO)s1)c1cc2ccccc2[nH]1. The third kappa shape index (κ3) is 2.94. The molecule has 0 aliphatic rings. The minimum Gasteiger partial charge on any atom is -0.384 e. The molecule has 5 nitrogen and oxygen atoms in total. The number of benzene rings is 1. The number of aliphatic hydroxyl groups excluding tert-OH is 1. The maximum atomic E-state index is 12.2. The fourth-order valence-corrected chi connectivity index (χ4v) is 2.56. The molecule has 3 aromatic rings. The number of aromatic nitrogens is 2. The highest BCUT2D eigenvalue weighted by atomic mass is 32.1. The number of para-hydroxylation sites is 1. The summed E-state index contributed by atoms with van der Waals surface area (Å²) in [4.78, 5) is 20.0. The molecular formula is C15H11N3O2S. The van der Waals surface area contributed by atoms with Gasteiger partial charge in [-0.05, 0) is 12.1 Å². The number of anilines is 1. The summed E-state index contributed by atoms with van der Waals surface area (Å²) in [6.07, 6.45) is 1.56. The highest BCUT2D eigenvalue weighted by Crippen LogP contribution is 2.19. The molecule has 2 aromatic heterocycles. The molecule has 0 aliphatic carbocycles. The van der Waals surface area contributed by atoms with Gasteiger partial charge < -0.3 is 10.1 Å². The first-order valence-corrected chi connectivity index (χ1v) is 7.02. The molecule has 0 aliphatic heterocycles. The highest BCUT2D eigenvalue weighted by molar-refractivity contribution is 7.16. The van der Waals surface area contributed by atoms with Gasteiger partial charge in [-0.15, -0.1) is 0 Å². The summed E-state index contributed by atoms with van der Waals surface area (Å²) in [7, 11) is 0. The number of nitrogens with one attached hydrogen (secondary N) is 2. The molecule has 1 amide bonds. The number of H-pyrrole nitrogens is 1. The molecule has 6 heteroatoms. The fraction of sp³-hybridized carbons (Fsp3) is 0.0667. The van der Waals surface area contributed by atoms with Gasteiger partial charge in [0.05, 0.1) is 11.1 Å². The Morgan fingerprint density at radius 1 is 1.43 bits per heavy atom. The van der Waals surface area contributed by atoms with E-state index in [1.165, 1.54) is 11.3 Å². The number of fused-ring (bicyclic) bond motifs is 1. The van der Waals surface area contributed by atoms with Crippen molar-refractivity contribution < 1.29 is 9.90 Å². The first-order valence-electron chi connectivity index (χ1n) is 6.21. The predicted octanol–water partition coefficient (Wildman–Crippen LogP) is 2.22. The number of hydrogen-bond donors (Lipinski definition) is 3. The standard InChI is InChI=1S/C15H11N3O2S/c19-7-3-5-11-9-16-15(21-11)18-14(20)13-8-10-4-1-2-6-12(10)17-13/h1-2,4,6,8-9,17,19H,7H2,(H,16,18,20). The van der Waals surface area contributed by atoms with E-state index in [0.29, 0.717) is 15.7 Å². The lowest BCUT2D eigenvalue weighted by Gasteiger charge is -1.97. The van der Waals surface area contributed by atoms with E-state index in [1.54, 1.807) is 12.3 Å². The minimum atomic E-state index is -0.248. The van der Waals surface area contributed by atoms with E-state index < -0.39 is 0 Å². The number of carbonyl (C=O) groups excluding carboxylic acids is 1. The first-order chi connectivity index (χ1) is 10.3. The van der Waals surface area contributed by atoms with Crippen LogP contribution >= 0.6 is 11.3 Å². The molecule has 21 heavy (non-hydrogen) atoms. The summed E-state index contributed by atoms with van der Waals surface area (Å²) >= 11 is 1.26. The van der Waals surface area contributed by atoms with Crippen molar-refractivity contribution in [3.63, 3.8) is 0 Å². The zero-order valence-corrected chi connectivity index (χ0v) is 11.7. The smallest absolute Gasteiger partial charge is 0.273 e. The second-order valence-corrected chi connectivity index (χ2v) is 5.24. The Hall–Kier alpha value is -2.62. The lowest BCUT2D eigenvalue weighted by Crippen LogP contribution is -2.11. The van der Waals surface area contributed by atoms with Gasteiger partial charge in [0, 0.05) is 10.9 Å². The number of nitrogens with zero attached hydrogens (tertiary/aromatic N) is 1. The molecule has 0 saturated carbocycles. The number of amides is 1. The van der Waals surface area contributed by atoms with Gasteiger partial charge >= 0.3 is 0 Å². The van der Waals surface area contributed by atoms with Gasteiger partial charge in [-0.25, -0.2) is 4.98 Å². The third-order valence-corrected chi connectivity index (χ3v) is 3.62. The zero-order chi connectivity index (χ0) is 14.7. The van der Waals surface area contributed by atoms with Crippen LogP contribution in [0.2, 0.25) is 0 Å². The van der Waals surface area contributed by atoms with Crippen LogP contribution in [0.5, 0.6) is 0 Å². The minimum absolute atomic E-state index is 0.200. The number of thiazole rings is 1. The quantitative estimate of drug-likeness (QED) is 0.635. The van der Waals surface area contributed by atoms with Crippen molar-refractivity contribution in [3.05, 3.63) is 47.1 Å². The summed E-state index contributed by atoms with van der Waals surface area (Å²) < 4.78 is 0. The zero-order valence-electron chi connectivity index (χ0n) is 10.9. The highest BCUT2D eigenvalue weighted by Gasteiger charge is 2.11. The van der Waals surface area contributed by atoms with Crippen LogP contribution in [0.15, 0.2) is 36.5 Å². The lowest BCUT2D eigenvalue weighted by atomic mass is 10.2. The molecule has 3 rings (SSSR count). The van der Waals surface area contributed by atoms with Crippen LogP contribution in [0.3, 0.4) is 0 Å². The van der Waals surface area contributed by atoms with Crippen LogP contribution in [-0.2, 0) is 0 Å². The van der Waals surface area contributed by atoms with Crippen molar-refractivity contribution in [1.29, 1.82) is 0 Å². The van der Waals surface area contributed by atoms with Gasteiger partial charge in [-0.2, -0.15) is 0 Å². The average molecular weight is 297 g/mol. The molecule has 104 valence electrons. The average Bonchev–Trinajstić information content (AvgIpc) is 3.11.